The summed E-state index contributed by atoms with van der Waals surface area (Å²) in [6.07, 6.45) is 1.42. The van der Waals surface area contributed by atoms with Crippen LogP contribution in [0.4, 0.5) is 11.4 Å². The van der Waals surface area contributed by atoms with Crippen LogP contribution >= 0.6 is 11.8 Å². The third kappa shape index (κ3) is 5.84. The molecule has 1 aliphatic heterocycles. The third-order valence-electron chi connectivity index (χ3n) is 5.56. The van der Waals surface area contributed by atoms with Gasteiger partial charge in [0.25, 0.3) is 11.6 Å². The Kier molecular flexibility index (Phi) is 8.07. The standard InChI is InChI=1S/C27H23N3O7S/c1-3-29-25(31)24(38-27(29)28-20-11-7-10-18(12-20)26(32)33)14-19-13-22(36-2)23(15-21(19)30(34)35)37-16-17-8-5-4-6-9-17/h4-15H,3,16H2,1-2H3,(H,32,33)/b24-14+,28-27?. The van der Waals surface area contributed by atoms with E-state index in [9.17, 15) is 24.8 Å². The number of aromatic carboxylic acids is 1. The van der Waals surface area contributed by atoms with Crippen molar-refractivity contribution in [2.45, 2.75) is 13.5 Å². The van der Waals surface area contributed by atoms with Crippen molar-refractivity contribution in [1.29, 1.82) is 0 Å². The first-order valence-corrected chi connectivity index (χ1v) is 12.3. The minimum Gasteiger partial charge on any atom is -0.493 e. The molecule has 0 aromatic heterocycles. The second-order valence-corrected chi connectivity index (χ2v) is 9.01. The Morgan fingerprint density at radius 2 is 1.89 bits per heavy atom. The van der Waals surface area contributed by atoms with Gasteiger partial charge in [0.15, 0.2) is 16.7 Å². The van der Waals surface area contributed by atoms with Crippen LogP contribution in [0.25, 0.3) is 6.08 Å². The topological polar surface area (TPSA) is 132 Å². The lowest BCUT2D eigenvalue weighted by molar-refractivity contribution is -0.385. The van der Waals surface area contributed by atoms with Gasteiger partial charge in [-0.2, -0.15) is 0 Å². The summed E-state index contributed by atoms with van der Waals surface area (Å²) in [7, 11) is 1.43. The van der Waals surface area contributed by atoms with E-state index in [2.05, 4.69) is 4.99 Å². The van der Waals surface area contributed by atoms with Gasteiger partial charge in [-0.1, -0.05) is 36.4 Å². The van der Waals surface area contributed by atoms with Crippen LogP contribution in [0, 0.1) is 10.1 Å². The number of nitrogens with zero attached hydrogens (tertiary/aromatic N) is 3. The molecule has 0 saturated carbocycles. The summed E-state index contributed by atoms with van der Waals surface area (Å²) in [5, 5.41) is 21.5. The zero-order valence-corrected chi connectivity index (χ0v) is 21.3. The average molecular weight is 534 g/mol. The van der Waals surface area contributed by atoms with Crippen LogP contribution in [0.2, 0.25) is 0 Å². The molecule has 0 aliphatic carbocycles. The normalized spacial score (nSPS) is 15.2. The van der Waals surface area contributed by atoms with Crippen molar-refractivity contribution < 1.29 is 29.1 Å². The van der Waals surface area contributed by atoms with Gasteiger partial charge in [-0.3, -0.25) is 19.8 Å². The monoisotopic (exact) mass is 533 g/mol. The van der Waals surface area contributed by atoms with E-state index in [0.717, 1.165) is 17.3 Å². The first kappa shape index (κ1) is 26.4. The molecule has 0 spiro atoms. The Morgan fingerprint density at radius 3 is 2.55 bits per heavy atom. The molecule has 38 heavy (non-hydrogen) atoms. The highest BCUT2D eigenvalue weighted by molar-refractivity contribution is 8.18. The minimum absolute atomic E-state index is 0.0669. The second-order valence-electron chi connectivity index (χ2n) is 8.00. The molecule has 1 fully saturated rings. The molecular formula is C27H23N3O7S. The number of amidine groups is 1. The molecule has 0 atom stereocenters. The zero-order chi connectivity index (χ0) is 27.2. The number of hydrogen-bond acceptors (Lipinski definition) is 8. The summed E-state index contributed by atoms with van der Waals surface area (Å²) in [6, 6.07) is 18.1. The molecule has 0 radical (unpaired) electrons. The lowest BCUT2D eigenvalue weighted by atomic mass is 10.1. The molecule has 0 bridgehead atoms. The number of carbonyl (C=O) groups is 2. The largest absolute Gasteiger partial charge is 0.493 e. The number of hydrogen-bond donors (Lipinski definition) is 1. The van der Waals surface area contributed by atoms with Crippen molar-refractivity contribution >= 4 is 46.3 Å². The van der Waals surface area contributed by atoms with Gasteiger partial charge in [-0.15, -0.1) is 0 Å². The molecule has 4 rings (SSSR count). The molecule has 1 aliphatic rings. The number of rotatable bonds is 9. The number of carboxylic acids is 1. The molecule has 194 valence electrons. The SMILES string of the molecule is CCN1C(=O)/C(=C\c2cc(OC)c(OCc3ccccc3)cc2[N+](=O)[O-])SC1=Nc1cccc(C(=O)O)c1. The maximum absolute atomic E-state index is 13.1. The van der Waals surface area contributed by atoms with E-state index in [1.54, 1.807) is 19.1 Å². The summed E-state index contributed by atoms with van der Waals surface area (Å²) in [5.74, 6) is -0.984. The number of carboxylic acid groups (broad SMARTS) is 1. The van der Waals surface area contributed by atoms with Gasteiger partial charge in [0.2, 0.25) is 0 Å². The predicted octanol–water partition coefficient (Wildman–Crippen LogP) is 5.50. The Labute approximate surface area is 222 Å². The van der Waals surface area contributed by atoms with Crippen molar-refractivity contribution in [1.82, 2.24) is 4.90 Å². The number of carbonyl (C=O) groups excluding carboxylic acids is 1. The predicted molar refractivity (Wildman–Crippen MR) is 144 cm³/mol. The number of amides is 1. The van der Waals surface area contributed by atoms with E-state index in [4.69, 9.17) is 9.47 Å². The maximum Gasteiger partial charge on any atom is 0.335 e. The Bertz CT molecular complexity index is 1450. The summed E-state index contributed by atoms with van der Waals surface area (Å²) < 4.78 is 11.2. The average Bonchev–Trinajstić information content (AvgIpc) is 3.21. The summed E-state index contributed by atoms with van der Waals surface area (Å²) in [5.41, 5.74) is 1.23. The lowest BCUT2D eigenvalue weighted by Gasteiger charge is -2.12. The van der Waals surface area contributed by atoms with E-state index in [1.807, 2.05) is 30.3 Å². The van der Waals surface area contributed by atoms with E-state index < -0.39 is 10.9 Å². The number of thioether (sulfide) groups is 1. The molecule has 1 amide bonds. The molecule has 11 heteroatoms. The molecule has 3 aromatic carbocycles. The number of methoxy groups -OCH3 is 1. The summed E-state index contributed by atoms with van der Waals surface area (Å²) >= 11 is 1.05. The van der Waals surface area contributed by atoms with Crippen molar-refractivity contribution in [3.63, 3.8) is 0 Å². The van der Waals surface area contributed by atoms with Gasteiger partial charge in [0.1, 0.15) is 6.61 Å². The second kappa shape index (κ2) is 11.6. The first-order valence-electron chi connectivity index (χ1n) is 11.5. The Morgan fingerprint density at radius 1 is 1.13 bits per heavy atom. The third-order valence-corrected chi connectivity index (χ3v) is 6.56. The van der Waals surface area contributed by atoms with Crippen LogP contribution in [0.1, 0.15) is 28.4 Å². The van der Waals surface area contributed by atoms with E-state index >= 15 is 0 Å². The number of nitro benzene ring substituents is 1. The van der Waals surface area contributed by atoms with Crippen LogP contribution in [-0.4, -0.2) is 45.6 Å². The molecule has 1 heterocycles. The first-order chi connectivity index (χ1) is 18.3. The Hall–Kier alpha value is -4.64. The molecule has 1 N–H and O–H groups in total. The van der Waals surface area contributed by atoms with Crippen molar-refractivity contribution in [2.24, 2.45) is 4.99 Å². The van der Waals surface area contributed by atoms with Crippen LogP contribution < -0.4 is 9.47 Å². The quantitative estimate of drug-likeness (QED) is 0.217. The summed E-state index contributed by atoms with van der Waals surface area (Å²) in [6.45, 7) is 2.27. The van der Waals surface area contributed by atoms with Crippen LogP contribution in [-0.2, 0) is 11.4 Å². The summed E-state index contributed by atoms with van der Waals surface area (Å²) in [4.78, 5) is 41.9. The van der Waals surface area contributed by atoms with Crippen molar-refractivity contribution in [3.05, 3.63) is 98.4 Å². The zero-order valence-electron chi connectivity index (χ0n) is 20.5. The highest BCUT2D eigenvalue weighted by Crippen LogP contribution is 2.39. The number of likely N-dealkylation sites (N-methyl/N-ethyl adjacent to an activating group) is 1. The molecule has 10 nitrogen and oxygen atoms in total. The van der Waals surface area contributed by atoms with Gasteiger partial charge < -0.3 is 14.6 Å². The van der Waals surface area contributed by atoms with E-state index in [0.29, 0.717) is 17.4 Å². The van der Waals surface area contributed by atoms with Crippen LogP contribution in [0.5, 0.6) is 11.5 Å². The van der Waals surface area contributed by atoms with Crippen molar-refractivity contribution in [3.8, 4) is 11.5 Å². The Balaban J connectivity index is 1.68. The van der Waals surface area contributed by atoms with Crippen molar-refractivity contribution in [2.75, 3.05) is 13.7 Å². The smallest absolute Gasteiger partial charge is 0.335 e. The highest BCUT2D eigenvalue weighted by Gasteiger charge is 2.33. The number of nitro groups is 1. The number of benzene rings is 3. The minimum atomic E-state index is -1.09. The highest BCUT2D eigenvalue weighted by atomic mass is 32.2. The number of ether oxygens (including phenoxy) is 2. The van der Waals surface area contributed by atoms with Gasteiger partial charge in [0.05, 0.1) is 39.8 Å². The fourth-order valence-corrected chi connectivity index (χ4v) is 4.73. The molecule has 3 aromatic rings. The van der Waals surface area contributed by atoms with Gasteiger partial charge in [-0.25, -0.2) is 9.79 Å². The van der Waals surface area contributed by atoms with Gasteiger partial charge >= 0.3 is 5.97 Å². The van der Waals surface area contributed by atoms with Crippen LogP contribution in [0.15, 0.2) is 76.6 Å². The fourth-order valence-electron chi connectivity index (χ4n) is 3.68. The van der Waals surface area contributed by atoms with Gasteiger partial charge in [0, 0.05) is 6.54 Å². The van der Waals surface area contributed by atoms with E-state index in [-0.39, 0.29) is 45.7 Å². The van der Waals surface area contributed by atoms with Gasteiger partial charge in [-0.05, 0) is 54.6 Å². The lowest BCUT2D eigenvalue weighted by Crippen LogP contribution is -2.28. The fraction of sp³-hybridized carbons (Fsp3) is 0.148. The molecule has 1 saturated heterocycles. The van der Waals surface area contributed by atoms with Crippen LogP contribution in [0.3, 0.4) is 0 Å². The molecular weight excluding hydrogens is 510 g/mol. The maximum atomic E-state index is 13.1. The molecule has 0 unspecified atom stereocenters. The number of aliphatic imine (C=N–C) groups is 1. The van der Waals surface area contributed by atoms with E-state index in [1.165, 1.54) is 42.4 Å².